The summed E-state index contributed by atoms with van der Waals surface area (Å²) in [5.41, 5.74) is 12.6. The molecule has 1 aromatic heterocycles. The zero-order valence-electron chi connectivity index (χ0n) is 15.9. The number of nitrogens with one attached hydrogen (secondary N) is 1. The van der Waals surface area contributed by atoms with Crippen molar-refractivity contribution in [3.05, 3.63) is 11.9 Å². The Balaban J connectivity index is 0.00000338. The van der Waals surface area contributed by atoms with Crippen molar-refractivity contribution in [2.75, 3.05) is 32.7 Å². The number of aromatic nitrogens is 3. The molecule has 0 aromatic carbocycles. The second-order valence-corrected chi connectivity index (χ2v) is 7.24. The standard InChI is InChI=1S/C17H33N7O.ClH/c1-13(2)11-14(19)15-12-24(22-21-15)16(5-3-4-6-18)17(25)23-9-7-20-8-10-23;/h12-14,16,20H,3-11,18-19H2,1-2H3;1H/p-1. The predicted octanol–water partition coefficient (Wildman–Crippen LogP) is -2.57. The lowest BCUT2D eigenvalue weighted by atomic mass is 10.0. The Morgan fingerprint density at radius 1 is 1.31 bits per heavy atom. The Kier molecular flexibility index (Phi) is 10.1. The second-order valence-electron chi connectivity index (χ2n) is 7.24. The van der Waals surface area contributed by atoms with Crippen LogP contribution in [0.1, 0.15) is 57.3 Å². The molecule has 2 atom stereocenters. The Hall–Kier alpha value is -1.22. The van der Waals surface area contributed by atoms with Gasteiger partial charge in [-0.2, -0.15) is 0 Å². The van der Waals surface area contributed by atoms with E-state index in [0.717, 1.165) is 57.6 Å². The van der Waals surface area contributed by atoms with Crippen LogP contribution in [0.15, 0.2) is 6.20 Å². The quantitative estimate of drug-likeness (QED) is 0.402. The number of hydrogen-bond donors (Lipinski definition) is 3. The van der Waals surface area contributed by atoms with Gasteiger partial charge in [-0.3, -0.25) is 4.79 Å². The molecule has 1 saturated heterocycles. The molecule has 2 unspecified atom stereocenters. The molecule has 0 saturated carbocycles. The summed E-state index contributed by atoms with van der Waals surface area (Å²) in [6, 6.07) is -0.468. The van der Waals surface area contributed by atoms with Gasteiger partial charge in [-0.05, 0) is 38.1 Å². The van der Waals surface area contributed by atoms with E-state index in [2.05, 4.69) is 29.5 Å². The summed E-state index contributed by atoms with van der Waals surface area (Å²) >= 11 is 0. The fraction of sp³-hybridized carbons (Fsp3) is 0.824. The van der Waals surface area contributed by atoms with Crippen LogP contribution in [0.2, 0.25) is 0 Å². The molecule has 150 valence electrons. The predicted molar refractivity (Wildman–Crippen MR) is 97.8 cm³/mol. The molecule has 1 aliphatic rings. The van der Waals surface area contributed by atoms with Crippen molar-refractivity contribution in [2.24, 2.45) is 17.4 Å². The van der Waals surface area contributed by atoms with Crippen molar-refractivity contribution >= 4 is 5.91 Å². The van der Waals surface area contributed by atoms with Gasteiger partial charge in [0, 0.05) is 26.2 Å². The molecule has 1 fully saturated rings. The van der Waals surface area contributed by atoms with Crippen molar-refractivity contribution in [3.63, 3.8) is 0 Å². The smallest absolute Gasteiger partial charge is 0.247 e. The molecule has 0 radical (unpaired) electrons. The zero-order chi connectivity index (χ0) is 18.2. The third kappa shape index (κ3) is 6.50. The number of carbonyl (C=O) groups is 1. The summed E-state index contributed by atoms with van der Waals surface area (Å²) in [4.78, 5) is 14.9. The summed E-state index contributed by atoms with van der Waals surface area (Å²) in [5.74, 6) is 0.607. The van der Waals surface area contributed by atoms with Gasteiger partial charge in [0.15, 0.2) is 0 Å². The van der Waals surface area contributed by atoms with E-state index < -0.39 is 0 Å². The van der Waals surface area contributed by atoms with Crippen molar-refractivity contribution < 1.29 is 17.2 Å². The van der Waals surface area contributed by atoms with Crippen molar-refractivity contribution in [1.82, 2.24) is 25.2 Å². The fourth-order valence-electron chi connectivity index (χ4n) is 3.19. The zero-order valence-corrected chi connectivity index (χ0v) is 16.7. The third-order valence-corrected chi connectivity index (χ3v) is 4.60. The third-order valence-electron chi connectivity index (χ3n) is 4.60. The van der Waals surface area contributed by atoms with E-state index in [0.29, 0.717) is 12.5 Å². The maximum absolute atomic E-state index is 13.0. The first-order valence-corrected chi connectivity index (χ1v) is 9.39. The molecular formula is C17H33ClN7O-. The number of nitrogens with zero attached hydrogens (tertiary/aromatic N) is 4. The highest BCUT2D eigenvalue weighted by molar-refractivity contribution is 5.80. The maximum Gasteiger partial charge on any atom is 0.247 e. The lowest BCUT2D eigenvalue weighted by Gasteiger charge is -2.30. The van der Waals surface area contributed by atoms with Gasteiger partial charge >= 0.3 is 0 Å². The number of carbonyl (C=O) groups excluding carboxylic acids is 1. The van der Waals surface area contributed by atoms with Gasteiger partial charge in [-0.1, -0.05) is 19.1 Å². The normalized spacial score (nSPS) is 17.0. The van der Waals surface area contributed by atoms with Crippen LogP contribution in [-0.2, 0) is 4.79 Å². The Morgan fingerprint density at radius 3 is 2.62 bits per heavy atom. The van der Waals surface area contributed by atoms with Gasteiger partial charge in [0.25, 0.3) is 0 Å². The van der Waals surface area contributed by atoms with Gasteiger partial charge in [0.1, 0.15) is 6.04 Å². The van der Waals surface area contributed by atoms with Crippen LogP contribution in [-0.4, -0.2) is 58.5 Å². The SMILES string of the molecule is CC(C)CC(N)c1cn(C(CCCCN)C(=O)N2CCNCC2)nn1.[Cl-]. The van der Waals surface area contributed by atoms with E-state index >= 15 is 0 Å². The van der Waals surface area contributed by atoms with Gasteiger partial charge in [0.05, 0.1) is 17.9 Å². The molecule has 5 N–H and O–H groups in total. The molecule has 26 heavy (non-hydrogen) atoms. The molecule has 1 amide bonds. The summed E-state index contributed by atoms with van der Waals surface area (Å²) in [6.07, 6.45) is 5.22. The summed E-state index contributed by atoms with van der Waals surface area (Å²) < 4.78 is 1.70. The largest absolute Gasteiger partial charge is 1.00 e. The highest BCUT2D eigenvalue weighted by Crippen LogP contribution is 2.21. The van der Waals surface area contributed by atoms with Crippen LogP contribution in [0.5, 0.6) is 0 Å². The van der Waals surface area contributed by atoms with E-state index in [1.165, 1.54) is 0 Å². The Morgan fingerprint density at radius 2 is 2.00 bits per heavy atom. The first-order chi connectivity index (χ1) is 12.0. The van der Waals surface area contributed by atoms with Gasteiger partial charge in [0.2, 0.25) is 5.91 Å². The Bertz CT molecular complexity index is 531. The average Bonchev–Trinajstić information content (AvgIpc) is 3.08. The van der Waals surface area contributed by atoms with E-state index in [1.807, 2.05) is 11.1 Å². The van der Waals surface area contributed by atoms with Crippen LogP contribution in [0.4, 0.5) is 0 Å². The van der Waals surface area contributed by atoms with Crippen LogP contribution < -0.4 is 29.2 Å². The molecule has 9 heteroatoms. The van der Waals surface area contributed by atoms with Crippen LogP contribution in [0.25, 0.3) is 0 Å². The van der Waals surface area contributed by atoms with Gasteiger partial charge in [-0.15, -0.1) is 5.10 Å². The number of nitrogens with two attached hydrogens (primary N) is 2. The number of rotatable bonds is 9. The summed E-state index contributed by atoms with van der Waals surface area (Å²) in [7, 11) is 0. The monoisotopic (exact) mass is 386 g/mol. The molecular weight excluding hydrogens is 354 g/mol. The molecule has 1 aliphatic heterocycles. The number of piperazine rings is 1. The molecule has 1 aromatic rings. The molecule has 0 spiro atoms. The highest BCUT2D eigenvalue weighted by Gasteiger charge is 2.28. The lowest BCUT2D eigenvalue weighted by molar-refractivity contribution is -0.136. The van der Waals surface area contributed by atoms with E-state index in [-0.39, 0.29) is 30.4 Å². The number of hydrogen-bond acceptors (Lipinski definition) is 6. The first-order valence-electron chi connectivity index (χ1n) is 9.39. The van der Waals surface area contributed by atoms with Crippen molar-refractivity contribution in [3.8, 4) is 0 Å². The number of amides is 1. The average molecular weight is 387 g/mol. The van der Waals surface area contributed by atoms with Crippen molar-refractivity contribution in [2.45, 2.75) is 51.6 Å². The fourth-order valence-corrected chi connectivity index (χ4v) is 3.19. The van der Waals surface area contributed by atoms with Crippen LogP contribution in [0, 0.1) is 5.92 Å². The summed E-state index contributed by atoms with van der Waals surface area (Å²) in [6.45, 7) is 8.05. The number of unbranched alkanes of at least 4 members (excludes halogenated alkanes) is 1. The van der Waals surface area contributed by atoms with E-state index in [9.17, 15) is 4.79 Å². The topological polar surface area (TPSA) is 115 Å². The minimum atomic E-state index is -0.322. The second kappa shape index (κ2) is 11.5. The first kappa shape index (κ1) is 22.8. The van der Waals surface area contributed by atoms with Crippen LogP contribution >= 0.6 is 0 Å². The minimum Gasteiger partial charge on any atom is -1.00 e. The molecule has 8 nitrogen and oxygen atoms in total. The van der Waals surface area contributed by atoms with Crippen LogP contribution in [0.3, 0.4) is 0 Å². The van der Waals surface area contributed by atoms with Crippen molar-refractivity contribution in [1.29, 1.82) is 0 Å². The highest BCUT2D eigenvalue weighted by atomic mass is 35.5. The lowest BCUT2D eigenvalue weighted by Crippen LogP contribution is -3.00. The van der Waals surface area contributed by atoms with E-state index in [1.54, 1.807) is 4.68 Å². The molecule has 2 rings (SSSR count). The van der Waals surface area contributed by atoms with Gasteiger partial charge in [-0.25, -0.2) is 4.68 Å². The maximum atomic E-state index is 13.0. The number of halogens is 1. The summed E-state index contributed by atoms with van der Waals surface area (Å²) in [5, 5.41) is 11.7. The molecule has 0 bridgehead atoms. The molecule has 2 heterocycles. The van der Waals surface area contributed by atoms with Gasteiger partial charge < -0.3 is 34.1 Å². The molecule has 0 aliphatic carbocycles. The minimum absolute atomic E-state index is 0. The Labute approximate surface area is 162 Å². The van der Waals surface area contributed by atoms with E-state index in [4.69, 9.17) is 11.5 Å².